The maximum atomic E-state index is 13.7. The van der Waals surface area contributed by atoms with Crippen LogP contribution in [0, 0.1) is 11.8 Å². The number of carboxylic acid groups (broad SMARTS) is 1. The number of hydrogen-bond acceptors (Lipinski definition) is 12. The van der Waals surface area contributed by atoms with Gasteiger partial charge in [0.15, 0.2) is 0 Å². The van der Waals surface area contributed by atoms with E-state index in [0.717, 1.165) is 0 Å². The zero-order valence-electron chi connectivity index (χ0n) is 33.1. The molecule has 0 aromatic carbocycles. The van der Waals surface area contributed by atoms with Gasteiger partial charge in [0.1, 0.15) is 36.3 Å². The van der Waals surface area contributed by atoms with Crippen LogP contribution in [-0.4, -0.2) is 126 Å². The molecule has 0 aromatic rings. The van der Waals surface area contributed by atoms with Gasteiger partial charge in [0, 0.05) is 0 Å². The smallest absolute Gasteiger partial charge is 0.326 e. The van der Waals surface area contributed by atoms with Crippen molar-refractivity contribution in [1.29, 1.82) is 0 Å². The van der Waals surface area contributed by atoms with Gasteiger partial charge in [0.25, 0.3) is 0 Å². The van der Waals surface area contributed by atoms with Gasteiger partial charge in [0.2, 0.25) is 41.4 Å². The fraction of sp³-hybridized carbons (Fsp3) is 0.771. The summed E-state index contributed by atoms with van der Waals surface area (Å²) in [5.74, 6) is -6.88. The van der Waals surface area contributed by atoms with Crippen LogP contribution in [0.4, 0.5) is 0 Å². The van der Waals surface area contributed by atoms with Gasteiger partial charge in [0.05, 0.1) is 19.2 Å². The van der Waals surface area contributed by atoms with E-state index in [4.69, 9.17) is 17.2 Å². The molecule has 0 saturated heterocycles. The van der Waals surface area contributed by atoms with E-state index >= 15 is 0 Å². The molecule has 0 unspecified atom stereocenters. The van der Waals surface area contributed by atoms with E-state index in [1.165, 1.54) is 13.8 Å². The topological polar surface area (TPSA) is 339 Å². The molecule has 7 amide bonds. The molecule has 20 nitrogen and oxygen atoms in total. The Kier molecular flexibility index (Phi) is 25.0. The Hall–Kier alpha value is -4.40. The van der Waals surface area contributed by atoms with Crippen LogP contribution >= 0.6 is 0 Å². The molecule has 0 aliphatic heterocycles. The number of carbonyl (C=O) groups is 8. The molecule has 0 radical (unpaired) electrons. The number of rotatable bonds is 28. The predicted molar refractivity (Wildman–Crippen MR) is 203 cm³/mol. The van der Waals surface area contributed by atoms with E-state index in [1.54, 1.807) is 6.92 Å². The van der Waals surface area contributed by atoms with E-state index in [1.807, 2.05) is 20.8 Å². The highest BCUT2D eigenvalue weighted by atomic mass is 16.4. The molecule has 0 fully saturated rings. The van der Waals surface area contributed by atoms with Crippen LogP contribution in [0.5, 0.6) is 0 Å². The van der Waals surface area contributed by atoms with E-state index in [9.17, 15) is 48.6 Å². The summed E-state index contributed by atoms with van der Waals surface area (Å²) in [6, 6.07) is -7.16. The lowest BCUT2D eigenvalue weighted by Crippen LogP contribution is -2.60. The third kappa shape index (κ3) is 20.2. The number of hydrogen-bond donors (Lipinski definition) is 12. The average molecular weight is 787 g/mol. The van der Waals surface area contributed by atoms with Crippen molar-refractivity contribution >= 4 is 47.3 Å². The molecule has 0 bridgehead atoms. The Labute approximate surface area is 323 Å². The van der Waals surface area contributed by atoms with Gasteiger partial charge in [-0.05, 0) is 83.7 Å². The van der Waals surface area contributed by atoms with Gasteiger partial charge < -0.3 is 64.6 Å². The zero-order valence-corrected chi connectivity index (χ0v) is 33.1. The number of amides is 7. The maximum Gasteiger partial charge on any atom is 0.326 e. The number of carbonyl (C=O) groups excluding carboxylic acids is 7. The minimum Gasteiger partial charge on any atom is -0.480 e. The molecule has 0 rings (SSSR count). The van der Waals surface area contributed by atoms with Gasteiger partial charge in [-0.15, -0.1) is 0 Å². The van der Waals surface area contributed by atoms with E-state index in [2.05, 4.69) is 37.2 Å². The normalized spacial score (nSPS) is 15.5. The Balaban J connectivity index is 5.80. The molecule has 0 saturated carbocycles. The van der Waals surface area contributed by atoms with Crippen LogP contribution in [0.1, 0.15) is 92.9 Å². The lowest BCUT2D eigenvalue weighted by molar-refractivity contribution is -0.142. The van der Waals surface area contributed by atoms with Crippen molar-refractivity contribution in [3.8, 4) is 0 Å². The Morgan fingerprint density at radius 1 is 0.582 bits per heavy atom. The number of carboxylic acids is 1. The molecular weight excluding hydrogens is 720 g/mol. The third-order valence-corrected chi connectivity index (χ3v) is 8.74. The molecule has 0 spiro atoms. The second kappa shape index (κ2) is 27.2. The van der Waals surface area contributed by atoms with Crippen LogP contribution in [0.2, 0.25) is 0 Å². The SMILES string of the molecule is CC[C@H](C)[C@H](NC(=O)[C@H](CC(C)C)NC(=O)CNC(=O)[C@H](C)NC(=O)[C@@H](NC(=O)CN)[C@@H](C)O)C(=O)N[C@@H](CCCCN)C(=O)N[C@@H](CCCCN)C(=O)O. The first-order valence-corrected chi connectivity index (χ1v) is 18.9. The fourth-order valence-electron chi connectivity index (χ4n) is 5.28. The van der Waals surface area contributed by atoms with Gasteiger partial charge in [-0.1, -0.05) is 34.1 Å². The standard InChI is InChI=1S/C35H66N10O10/c1-7-20(4)28(33(52)42-23(12-8-10-14-36)31(50)43-24(35(54)55)13-9-11-15-37)45-32(51)25(16-19(2)3)41-27(48)18-39-30(49)21(5)40-34(53)29(22(6)46)44-26(47)17-38/h19-25,28-29,46H,7-18,36-38H2,1-6H3,(H,39,49)(H,40,53)(H,41,48)(H,42,52)(H,43,50)(H,44,47)(H,45,51)(H,54,55)/t20-,21-,22+,23-,24-,25-,28-,29-/m0/s1. The van der Waals surface area contributed by atoms with Gasteiger partial charge >= 0.3 is 5.97 Å². The van der Waals surface area contributed by atoms with Crippen molar-refractivity contribution < 1.29 is 48.6 Å². The molecule has 20 heteroatoms. The summed E-state index contributed by atoms with van der Waals surface area (Å²) >= 11 is 0. The molecule has 0 aliphatic carbocycles. The van der Waals surface area contributed by atoms with Crippen molar-refractivity contribution in [1.82, 2.24) is 37.2 Å². The number of aliphatic hydroxyl groups is 1. The molecular formula is C35H66N10O10. The Bertz CT molecular complexity index is 1270. The van der Waals surface area contributed by atoms with Crippen LogP contribution in [-0.2, 0) is 38.4 Å². The van der Waals surface area contributed by atoms with Crippen LogP contribution in [0.25, 0.3) is 0 Å². The third-order valence-electron chi connectivity index (χ3n) is 8.74. The van der Waals surface area contributed by atoms with E-state index in [0.29, 0.717) is 45.2 Å². The fourth-order valence-corrected chi connectivity index (χ4v) is 5.28. The van der Waals surface area contributed by atoms with E-state index < -0.39 is 109 Å². The molecule has 0 aliphatic rings. The quantitative estimate of drug-likeness (QED) is 0.0348. The van der Waals surface area contributed by atoms with Crippen molar-refractivity contribution in [2.24, 2.45) is 29.0 Å². The zero-order chi connectivity index (χ0) is 42.2. The summed E-state index contributed by atoms with van der Waals surface area (Å²) in [7, 11) is 0. The first-order valence-electron chi connectivity index (χ1n) is 18.9. The monoisotopic (exact) mass is 786 g/mol. The van der Waals surface area contributed by atoms with Crippen LogP contribution in [0.15, 0.2) is 0 Å². The number of nitrogens with one attached hydrogen (secondary N) is 7. The highest BCUT2D eigenvalue weighted by Gasteiger charge is 2.34. The first-order chi connectivity index (χ1) is 25.8. The second-order valence-electron chi connectivity index (χ2n) is 14.1. The van der Waals surface area contributed by atoms with Crippen molar-refractivity contribution in [3.63, 3.8) is 0 Å². The average Bonchev–Trinajstić information content (AvgIpc) is 3.12. The van der Waals surface area contributed by atoms with E-state index in [-0.39, 0.29) is 25.2 Å². The minimum absolute atomic E-state index is 0.0963. The summed E-state index contributed by atoms with van der Waals surface area (Å²) in [6.07, 6.45) is 1.67. The van der Waals surface area contributed by atoms with Crippen molar-refractivity contribution in [2.75, 3.05) is 26.2 Å². The maximum absolute atomic E-state index is 13.7. The number of aliphatic hydroxyl groups excluding tert-OH is 1. The van der Waals surface area contributed by atoms with Gasteiger partial charge in [-0.3, -0.25) is 33.6 Å². The molecule has 15 N–H and O–H groups in total. The lowest BCUT2D eigenvalue weighted by Gasteiger charge is -2.29. The Morgan fingerprint density at radius 3 is 1.60 bits per heavy atom. The molecule has 316 valence electrons. The summed E-state index contributed by atoms with van der Waals surface area (Å²) in [6.45, 7) is 9.47. The Morgan fingerprint density at radius 2 is 1.11 bits per heavy atom. The second-order valence-corrected chi connectivity index (χ2v) is 14.1. The summed E-state index contributed by atoms with van der Waals surface area (Å²) in [4.78, 5) is 102. The van der Waals surface area contributed by atoms with Gasteiger partial charge in [-0.2, -0.15) is 0 Å². The first kappa shape index (κ1) is 50.6. The van der Waals surface area contributed by atoms with Crippen LogP contribution < -0.4 is 54.4 Å². The van der Waals surface area contributed by atoms with Crippen LogP contribution in [0.3, 0.4) is 0 Å². The minimum atomic E-state index is -1.38. The highest BCUT2D eigenvalue weighted by molar-refractivity contribution is 5.96. The summed E-state index contributed by atoms with van der Waals surface area (Å²) < 4.78 is 0. The molecule has 55 heavy (non-hydrogen) atoms. The van der Waals surface area contributed by atoms with Gasteiger partial charge in [-0.25, -0.2) is 4.79 Å². The summed E-state index contributed by atoms with van der Waals surface area (Å²) in [5, 5.41) is 37.0. The van der Waals surface area contributed by atoms with Crippen molar-refractivity contribution in [2.45, 2.75) is 135 Å². The number of aliphatic carboxylic acids is 1. The van der Waals surface area contributed by atoms with Crippen molar-refractivity contribution in [3.05, 3.63) is 0 Å². The predicted octanol–water partition coefficient (Wildman–Crippen LogP) is -3.19. The molecule has 0 heterocycles. The largest absolute Gasteiger partial charge is 0.480 e. The molecule has 0 aromatic heterocycles. The lowest BCUT2D eigenvalue weighted by atomic mass is 9.96. The molecule has 8 atom stereocenters. The highest BCUT2D eigenvalue weighted by Crippen LogP contribution is 2.13. The number of unbranched alkanes of at least 4 members (excludes halogenated alkanes) is 2. The summed E-state index contributed by atoms with van der Waals surface area (Å²) in [5.41, 5.74) is 16.4. The number of nitrogens with two attached hydrogens (primary N) is 3.